The van der Waals surface area contributed by atoms with Gasteiger partial charge in [0.1, 0.15) is 6.54 Å². The molecule has 1 aliphatic heterocycles. The lowest BCUT2D eigenvalue weighted by molar-refractivity contribution is -0.129. The highest BCUT2D eigenvalue weighted by Gasteiger charge is 2.36. The van der Waals surface area contributed by atoms with Crippen LogP contribution in [0.4, 0.5) is 4.79 Å². The number of nitrogens with one attached hydrogen (secondary N) is 1. The van der Waals surface area contributed by atoms with Crippen molar-refractivity contribution in [2.75, 3.05) is 6.54 Å². The Morgan fingerprint density at radius 3 is 2.89 bits per heavy atom. The van der Waals surface area contributed by atoms with Gasteiger partial charge in [-0.3, -0.25) is 19.3 Å². The normalized spacial score (nSPS) is 20.8. The first-order valence-electron chi connectivity index (χ1n) is 8.78. The standard InChI is InChI=1S/C20H18N2O3S2/c23-18(21-16-9-3-6-13-5-1-2-8-15(13)16)12-22-19(24)17(27-20(22)25)11-14-7-4-10-26-14/h1-2,4-5,7-8,10-11,16H,3,6,9,12H2,(H,21,23)/b17-11-. The van der Waals surface area contributed by atoms with Gasteiger partial charge >= 0.3 is 0 Å². The summed E-state index contributed by atoms with van der Waals surface area (Å²) in [5.41, 5.74) is 2.38. The summed E-state index contributed by atoms with van der Waals surface area (Å²) in [7, 11) is 0. The highest BCUT2D eigenvalue weighted by atomic mass is 32.2. The predicted octanol–water partition coefficient (Wildman–Crippen LogP) is 3.98. The van der Waals surface area contributed by atoms with Crippen molar-refractivity contribution in [2.24, 2.45) is 0 Å². The molecule has 1 unspecified atom stereocenters. The van der Waals surface area contributed by atoms with E-state index in [2.05, 4.69) is 11.4 Å². The molecule has 0 radical (unpaired) electrons. The van der Waals surface area contributed by atoms with E-state index >= 15 is 0 Å². The summed E-state index contributed by atoms with van der Waals surface area (Å²) in [5.74, 6) is -0.714. The zero-order valence-corrected chi connectivity index (χ0v) is 16.1. The Bertz CT molecular complexity index is 921. The number of rotatable bonds is 4. The lowest BCUT2D eigenvalue weighted by atomic mass is 9.88. The van der Waals surface area contributed by atoms with Gasteiger partial charge in [-0.2, -0.15) is 0 Å². The molecule has 1 atom stereocenters. The van der Waals surface area contributed by atoms with E-state index in [9.17, 15) is 14.4 Å². The average Bonchev–Trinajstić information content (AvgIpc) is 3.26. The van der Waals surface area contributed by atoms with Crippen molar-refractivity contribution in [3.8, 4) is 0 Å². The van der Waals surface area contributed by atoms with E-state index in [1.807, 2.05) is 35.7 Å². The van der Waals surface area contributed by atoms with Crippen LogP contribution >= 0.6 is 23.1 Å². The van der Waals surface area contributed by atoms with Crippen LogP contribution in [0.15, 0.2) is 46.7 Å². The smallest absolute Gasteiger partial charge is 0.294 e. The molecule has 1 fully saturated rings. The third-order valence-corrected chi connectivity index (χ3v) is 6.42. The topological polar surface area (TPSA) is 66.5 Å². The highest BCUT2D eigenvalue weighted by Crippen LogP contribution is 2.33. The quantitative estimate of drug-likeness (QED) is 0.791. The minimum absolute atomic E-state index is 0.0657. The van der Waals surface area contributed by atoms with E-state index in [0.29, 0.717) is 4.91 Å². The molecule has 138 valence electrons. The van der Waals surface area contributed by atoms with Gasteiger partial charge in [-0.25, -0.2) is 0 Å². The summed E-state index contributed by atoms with van der Waals surface area (Å²) in [6.45, 7) is -0.245. The lowest BCUT2D eigenvalue weighted by Crippen LogP contribution is -2.41. The number of carbonyl (C=O) groups is 3. The third kappa shape index (κ3) is 3.84. The number of nitrogens with zero attached hydrogens (tertiary/aromatic N) is 1. The van der Waals surface area contributed by atoms with Crippen molar-refractivity contribution in [1.29, 1.82) is 0 Å². The Kier molecular flexibility index (Phi) is 5.13. The number of imide groups is 1. The van der Waals surface area contributed by atoms with Crippen LogP contribution in [0.1, 0.15) is 34.9 Å². The SMILES string of the molecule is O=C(CN1C(=O)S/C(=C\c2cccs2)C1=O)NC1CCCc2ccccc21. The number of hydrogen-bond acceptors (Lipinski definition) is 5. The molecule has 0 bridgehead atoms. The monoisotopic (exact) mass is 398 g/mol. The zero-order valence-electron chi connectivity index (χ0n) is 14.5. The van der Waals surface area contributed by atoms with Gasteiger partial charge < -0.3 is 5.32 Å². The molecule has 2 aliphatic rings. The Morgan fingerprint density at radius 1 is 1.22 bits per heavy atom. The van der Waals surface area contributed by atoms with Crippen molar-refractivity contribution in [3.05, 3.63) is 62.7 Å². The first-order valence-corrected chi connectivity index (χ1v) is 10.5. The van der Waals surface area contributed by atoms with Crippen LogP contribution in [-0.2, 0) is 16.0 Å². The average molecular weight is 399 g/mol. The summed E-state index contributed by atoms with van der Waals surface area (Å²) in [6.07, 6.45) is 4.58. The first-order chi connectivity index (χ1) is 13.1. The van der Waals surface area contributed by atoms with Crippen LogP contribution in [-0.4, -0.2) is 28.5 Å². The largest absolute Gasteiger partial charge is 0.348 e. The van der Waals surface area contributed by atoms with Crippen LogP contribution in [0, 0.1) is 0 Å². The fourth-order valence-electron chi connectivity index (χ4n) is 3.43. The second kappa shape index (κ2) is 7.70. The Hall–Kier alpha value is -2.38. The summed E-state index contributed by atoms with van der Waals surface area (Å²) in [4.78, 5) is 39.5. The van der Waals surface area contributed by atoms with E-state index in [1.54, 1.807) is 6.08 Å². The maximum absolute atomic E-state index is 12.5. The molecule has 1 N–H and O–H groups in total. The molecule has 2 heterocycles. The van der Waals surface area contributed by atoms with Crippen molar-refractivity contribution in [1.82, 2.24) is 10.2 Å². The van der Waals surface area contributed by atoms with E-state index in [0.717, 1.165) is 46.4 Å². The van der Waals surface area contributed by atoms with Crippen LogP contribution in [0.2, 0.25) is 0 Å². The Labute approximate surface area is 165 Å². The summed E-state index contributed by atoms with van der Waals surface area (Å²) < 4.78 is 0. The molecular formula is C20H18N2O3S2. The molecule has 0 spiro atoms. The molecule has 0 saturated carbocycles. The summed E-state index contributed by atoms with van der Waals surface area (Å²) in [6, 6.07) is 11.8. The van der Waals surface area contributed by atoms with Crippen LogP contribution in [0.25, 0.3) is 6.08 Å². The number of thioether (sulfide) groups is 1. The van der Waals surface area contributed by atoms with E-state index in [-0.39, 0.29) is 18.5 Å². The third-order valence-electron chi connectivity index (χ3n) is 4.70. The highest BCUT2D eigenvalue weighted by molar-refractivity contribution is 8.18. The maximum Gasteiger partial charge on any atom is 0.294 e. The Balaban J connectivity index is 1.43. The molecule has 2 aromatic rings. The number of fused-ring (bicyclic) bond motifs is 1. The number of aryl methyl sites for hydroxylation is 1. The Morgan fingerprint density at radius 2 is 2.07 bits per heavy atom. The van der Waals surface area contributed by atoms with Gasteiger partial charge in [0.2, 0.25) is 5.91 Å². The van der Waals surface area contributed by atoms with E-state index in [4.69, 9.17) is 0 Å². The number of carbonyl (C=O) groups excluding carboxylic acids is 3. The summed E-state index contributed by atoms with van der Waals surface area (Å²) in [5, 5.41) is 4.50. The number of hydrogen-bond donors (Lipinski definition) is 1. The van der Waals surface area contributed by atoms with Crippen LogP contribution in [0.5, 0.6) is 0 Å². The molecule has 5 nitrogen and oxygen atoms in total. The minimum atomic E-state index is -0.405. The van der Waals surface area contributed by atoms with Gasteiger partial charge in [0.05, 0.1) is 10.9 Å². The first kappa shape index (κ1) is 18.0. The van der Waals surface area contributed by atoms with E-state index in [1.165, 1.54) is 16.9 Å². The number of benzene rings is 1. The van der Waals surface area contributed by atoms with Crippen molar-refractivity contribution in [2.45, 2.75) is 25.3 Å². The zero-order chi connectivity index (χ0) is 18.8. The summed E-state index contributed by atoms with van der Waals surface area (Å²) >= 11 is 2.38. The van der Waals surface area contributed by atoms with Crippen LogP contribution in [0.3, 0.4) is 0 Å². The van der Waals surface area contributed by atoms with Gasteiger partial charge in [-0.15, -0.1) is 11.3 Å². The molecule has 4 rings (SSSR count). The molecule has 1 aromatic carbocycles. The van der Waals surface area contributed by atoms with Gasteiger partial charge in [-0.1, -0.05) is 30.3 Å². The molecule has 1 saturated heterocycles. The second-order valence-corrected chi connectivity index (χ2v) is 8.47. The molecule has 1 aliphatic carbocycles. The molecule has 1 aromatic heterocycles. The van der Waals surface area contributed by atoms with Gasteiger partial charge in [0, 0.05) is 4.88 Å². The predicted molar refractivity (Wildman–Crippen MR) is 107 cm³/mol. The van der Waals surface area contributed by atoms with Gasteiger partial charge in [-0.05, 0) is 59.7 Å². The molecule has 3 amide bonds. The minimum Gasteiger partial charge on any atom is -0.348 e. The van der Waals surface area contributed by atoms with Gasteiger partial charge in [0.25, 0.3) is 11.1 Å². The molecule has 7 heteroatoms. The number of thiophene rings is 1. The van der Waals surface area contributed by atoms with Gasteiger partial charge in [0.15, 0.2) is 0 Å². The van der Waals surface area contributed by atoms with Crippen LogP contribution < -0.4 is 5.32 Å². The number of amides is 3. The van der Waals surface area contributed by atoms with E-state index < -0.39 is 11.1 Å². The molecular weight excluding hydrogens is 380 g/mol. The fraction of sp³-hybridized carbons (Fsp3) is 0.250. The van der Waals surface area contributed by atoms with Crippen molar-refractivity contribution >= 4 is 46.2 Å². The molecule has 27 heavy (non-hydrogen) atoms. The second-order valence-electron chi connectivity index (χ2n) is 6.49. The van der Waals surface area contributed by atoms with Crippen molar-refractivity contribution < 1.29 is 14.4 Å². The fourth-order valence-corrected chi connectivity index (χ4v) is 4.99. The maximum atomic E-state index is 12.5. The lowest BCUT2D eigenvalue weighted by Gasteiger charge is -2.27. The van der Waals surface area contributed by atoms with Crippen molar-refractivity contribution in [3.63, 3.8) is 0 Å².